The van der Waals surface area contributed by atoms with E-state index in [0.29, 0.717) is 31.6 Å². The quantitative estimate of drug-likeness (QED) is 0.0222. The number of unbranched alkanes of at least 4 members (excludes halogenated alkanes) is 36. The molecule has 0 aromatic carbocycles. The highest BCUT2D eigenvalue weighted by Crippen LogP contribution is 2.45. The van der Waals surface area contributed by atoms with E-state index in [0.717, 1.165) is 114 Å². The van der Waals surface area contributed by atoms with Gasteiger partial charge < -0.3 is 33.8 Å². The fraction of sp³-hybridized carbons (Fsp3) is 0.945. The number of phosphoric acid groups is 2. The number of carbonyl (C=O) groups is 4. The molecule has 0 rings (SSSR count). The molecule has 0 aromatic heterocycles. The van der Waals surface area contributed by atoms with E-state index in [4.69, 9.17) is 37.0 Å². The molecule has 0 saturated carbocycles. The van der Waals surface area contributed by atoms with E-state index in [9.17, 15) is 43.2 Å². The predicted molar refractivity (Wildman–Crippen MR) is 372 cm³/mol. The minimum Gasteiger partial charge on any atom is -0.462 e. The lowest BCUT2D eigenvalue weighted by atomic mass is 10.0. The lowest BCUT2D eigenvalue weighted by Crippen LogP contribution is -2.30. The van der Waals surface area contributed by atoms with Gasteiger partial charge >= 0.3 is 39.5 Å². The van der Waals surface area contributed by atoms with Crippen molar-refractivity contribution in [2.45, 2.75) is 382 Å². The van der Waals surface area contributed by atoms with Crippen LogP contribution < -0.4 is 0 Å². The third-order valence-corrected chi connectivity index (χ3v) is 18.7. The summed E-state index contributed by atoms with van der Waals surface area (Å²) in [5.74, 6) is 0.864. The molecule has 5 atom stereocenters. The number of rotatable bonds is 70. The summed E-state index contributed by atoms with van der Waals surface area (Å²) in [6, 6.07) is 0. The van der Waals surface area contributed by atoms with Crippen molar-refractivity contribution >= 4 is 39.5 Å². The summed E-state index contributed by atoms with van der Waals surface area (Å²) >= 11 is 0. The van der Waals surface area contributed by atoms with Crippen LogP contribution in [0.3, 0.4) is 0 Å². The highest BCUT2D eigenvalue weighted by molar-refractivity contribution is 7.47. The average molecular weight is 1350 g/mol. The molecule has 92 heavy (non-hydrogen) atoms. The van der Waals surface area contributed by atoms with Gasteiger partial charge in [-0.05, 0) is 49.4 Å². The molecule has 0 aliphatic heterocycles. The molecule has 0 heterocycles. The van der Waals surface area contributed by atoms with Crippen LogP contribution in [-0.4, -0.2) is 96.7 Å². The van der Waals surface area contributed by atoms with Gasteiger partial charge in [-0.15, -0.1) is 0 Å². The monoisotopic (exact) mass is 1350 g/mol. The zero-order chi connectivity index (χ0) is 68.2. The first kappa shape index (κ1) is 90.1. The molecular weight excluding hydrogens is 1210 g/mol. The number of aliphatic hydroxyl groups is 1. The molecule has 0 saturated heterocycles. The Morgan fingerprint density at radius 2 is 0.457 bits per heavy atom. The van der Waals surface area contributed by atoms with E-state index in [1.165, 1.54) is 161 Å². The van der Waals surface area contributed by atoms with Gasteiger partial charge in [0.2, 0.25) is 0 Å². The maximum absolute atomic E-state index is 13.0. The molecule has 3 N–H and O–H groups in total. The van der Waals surface area contributed by atoms with Crippen molar-refractivity contribution in [1.82, 2.24) is 0 Å². The molecule has 0 bridgehead atoms. The second-order valence-electron chi connectivity index (χ2n) is 28.2. The molecule has 0 aliphatic carbocycles. The Hall–Kier alpha value is -1.94. The van der Waals surface area contributed by atoms with Crippen LogP contribution in [0.2, 0.25) is 0 Å². The van der Waals surface area contributed by atoms with E-state index in [2.05, 4.69) is 55.4 Å². The lowest BCUT2D eigenvalue weighted by molar-refractivity contribution is -0.161. The number of hydrogen-bond donors (Lipinski definition) is 3. The molecule has 0 aliphatic rings. The van der Waals surface area contributed by atoms with Crippen molar-refractivity contribution in [3.8, 4) is 0 Å². The van der Waals surface area contributed by atoms with Crippen LogP contribution in [0.4, 0.5) is 0 Å². The molecule has 3 unspecified atom stereocenters. The van der Waals surface area contributed by atoms with Gasteiger partial charge in [-0.1, -0.05) is 312 Å². The molecule has 0 radical (unpaired) electrons. The normalized spacial score (nSPS) is 14.2. The molecule has 0 amide bonds. The first-order chi connectivity index (χ1) is 44.1. The van der Waals surface area contributed by atoms with Gasteiger partial charge in [-0.2, -0.15) is 0 Å². The Morgan fingerprint density at radius 3 is 0.674 bits per heavy atom. The van der Waals surface area contributed by atoms with Crippen LogP contribution in [0.15, 0.2) is 0 Å². The topological polar surface area (TPSA) is 237 Å². The second kappa shape index (κ2) is 62.6. The Bertz CT molecular complexity index is 1820. The largest absolute Gasteiger partial charge is 0.472 e. The average Bonchev–Trinajstić information content (AvgIpc) is 3.72. The van der Waals surface area contributed by atoms with Gasteiger partial charge in [0.1, 0.15) is 19.3 Å². The summed E-state index contributed by atoms with van der Waals surface area (Å²) in [4.78, 5) is 72.7. The molecular formula is C73H142O17P2. The summed E-state index contributed by atoms with van der Waals surface area (Å²) in [5.41, 5.74) is 0. The number of carbonyl (C=O) groups excluding carboxylic acids is 4. The zero-order valence-corrected chi connectivity index (χ0v) is 62.0. The standard InChI is InChI=1S/C73H142O17P2/c1-63(2)49-41-33-25-18-14-10-9-11-16-20-29-37-45-53-70(75)83-59-68(90-73(78)56-48-40-31-23-22-27-35-43-51-65(5)6)61-87-91(79,80)85-57-67(74)58-86-92(81,82)88-62-69(60-84-71(76)54-46-38-32-24-28-36-44-52-66(7)8)89-72(77)55-47-39-30-21-17-13-12-15-19-26-34-42-50-64(3)4/h63-69,74H,9-62H2,1-8H3,(H,79,80)(H,81,82)/t67?,68-,69-/m1/s1. The van der Waals surface area contributed by atoms with Crippen molar-refractivity contribution < 1.29 is 80.2 Å². The molecule has 0 fully saturated rings. The minimum atomic E-state index is -4.95. The van der Waals surface area contributed by atoms with Crippen LogP contribution in [0.1, 0.15) is 364 Å². The van der Waals surface area contributed by atoms with E-state index >= 15 is 0 Å². The summed E-state index contributed by atoms with van der Waals surface area (Å²) in [6.45, 7) is 14.1. The number of esters is 4. The molecule has 17 nitrogen and oxygen atoms in total. The van der Waals surface area contributed by atoms with Crippen LogP contribution >= 0.6 is 15.6 Å². The highest BCUT2D eigenvalue weighted by atomic mass is 31.2. The predicted octanol–water partition coefficient (Wildman–Crippen LogP) is 20.9. The maximum Gasteiger partial charge on any atom is 0.472 e. The number of aliphatic hydroxyl groups excluding tert-OH is 1. The SMILES string of the molecule is CC(C)CCCCCCCCCCCCCCCC(=O)OC[C@H](COP(=O)(O)OCC(O)COP(=O)(O)OC[C@@H](COC(=O)CCCCCCCCCC(C)C)OC(=O)CCCCCCCCCCCCCCC(C)C)OC(=O)CCCCCCCCCCC(C)C. The lowest BCUT2D eigenvalue weighted by Gasteiger charge is -2.21. The van der Waals surface area contributed by atoms with Gasteiger partial charge in [-0.25, -0.2) is 9.13 Å². The Kier molecular flexibility index (Phi) is 61.3. The van der Waals surface area contributed by atoms with Gasteiger partial charge in [0.05, 0.1) is 26.4 Å². The number of ether oxygens (including phenoxy) is 4. The van der Waals surface area contributed by atoms with E-state index < -0.39 is 97.5 Å². The summed E-state index contributed by atoms with van der Waals surface area (Å²) < 4.78 is 68.4. The Balaban J connectivity index is 5.23. The summed E-state index contributed by atoms with van der Waals surface area (Å²) in [5, 5.41) is 10.6. The van der Waals surface area contributed by atoms with Crippen LogP contribution in [0.25, 0.3) is 0 Å². The van der Waals surface area contributed by atoms with Crippen molar-refractivity contribution in [1.29, 1.82) is 0 Å². The van der Waals surface area contributed by atoms with Crippen LogP contribution in [-0.2, 0) is 65.4 Å². The Labute approximate surface area is 562 Å². The molecule has 546 valence electrons. The zero-order valence-electron chi connectivity index (χ0n) is 60.2. The smallest absolute Gasteiger partial charge is 0.462 e. The van der Waals surface area contributed by atoms with Crippen LogP contribution in [0, 0.1) is 23.7 Å². The van der Waals surface area contributed by atoms with Crippen molar-refractivity contribution in [2.75, 3.05) is 39.6 Å². The van der Waals surface area contributed by atoms with E-state index in [1.807, 2.05) is 0 Å². The van der Waals surface area contributed by atoms with Gasteiger partial charge in [0.25, 0.3) is 0 Å². The minimum absolute atomic E-state index is 0.104. The second-order valence-corrected chi connectivity index (χ2v) is 31.1. The third-order valence-electron chi connectivity index (χ3n) is 16.8. The van der Waals surface area contributed by atoms with E-state index in [-0.39, 0.29) is 25.7 Å². The Morgan fingerprint density at radius 1 is 0.272 bits per heavy atom. The number of hydrogen-bond acceptors (Lipinski definition) is 15. The summed E-state index contributed by atoms with van der Waals surface area (Å²) in [7, 11) is -9.91. The molecule has 0 aromatic rings. The molecule has 0 spiro atoms. The van der Waals surface area contributed by atoms with Crippen LogP contribution in [0.5, 0.6) is 0 Å². The van der Waals surface area contributed by atoms with E-state index in [1.54, 1.807) is 0 Å². The third kappa shape index (κ3) is 66.7. The maximum atomic E-state index is 13.0. The number of phosphoric ester groups is 2. The first-order valence-corrected chi connectivity index (χ1v) is 40.7. The van der Waals surface area contributed by atoms with Crippen molar-refractivity contribution in [3.05, 3.63) is 0 Å². The van der Waals surface area contributed by atoms with Crippen molar-refractivity contribution in [2.24, 2.45) is 23.7 Å². The summed E-state index contributed by atoms with van der Waals surface area (Å²) in [6.07, 6.45) is 45.9. The van der Waals surface area contributed by atoms with Crippen molar-refractivity contribution in [3.63, 3.8) is 0 Å². The first-order valence-electron chi connectivity index (χ1n) is 37.7. The molecule has 19 heteroatoms. The highest BCUT2D eigenvalue weighted by Gasteiger charge is 2.30. The van der Waals surface area contributed by atoms with Gasteiger partial charge in [-0.3, -0.25) is 37.3 Å². The van der Waals surface area contributed by atoms with Gasteiger partial charge in [0, 0.05) is 25.7 Å². The fourth-order valence-electron chi connectivity index (χ4n) is 11.0. The fourth-order valence-corrected chi connectivity index (χ4v) is 12.6. The van der Waals surface area contributed by atoms with Gasteiger partial charge in [0.15, 0.2) is 12.2 Å².